The van der Waals surface area contributed by atoms with Crippen LogP contribution in [0.15, 0.2) is 14.6 Å². The molecule has 19 heavy (non-hydrogen) atoms. The Kier molecular flexibility index (Phi) is 3.57. The minimum atomic E-state index is -0.305. The van der Waals surface area contributed by atoms with Crippen LogP contribution in [0.1, 0.15) is 5.69 Å². The van der Waals surface area contributed by atoms with Crippen molar-refractivity contribution in [2.75, 3.05) is 32.5 Å². The maximum Gasteiger partial charge on any atom is 0.330 e. The third kappa shape index (κ3) is 2.46. The van der Waals surface area contributed by atoms with E-state index in [0.717, 1.165) is 16.9 Å². The monoisotopic (exact) mass is 265 g/mol. The molecule has 0 aromatic carbocycles. The van der Waals surface area contributed by atoms with Crippen molar-refractivity contribution >= 4 is 11.5 Å². The summed E-state index contributed by atoms with van der Waals surface area (Å²) in [5, 5.41) is 3.02. The number of aliphatic imine (C=N–C) groups is 1. The van der Waals surface area contributed by atoms with Crippen molar-refractivity contribution in [2.24, 2.45) is 19.1 Å². The van der Waals surface area contributed by atoms with Gasteiger partial charge in [-0.15, -0.1) is 0 Å². The fourth-order valence-corrected chi connectivity index (χ4v) is 2.05. The van der Waals surface area contributed by atoms with Crippen LogP contribution in [0.5, 0.6) is 0 Å². The molecule has 0 amide bonds. The van der Waals surface area contributed by atoms with Gasteiger partial charge in [-0.2, -0.15) is 0 Å². The highest BCUT2D eigenvalue weighted by molar-refractivity contribution is 6.02. The Bertz CT molecular complexity index is 639. The Morgan fingerprint density at radius 1 is 1.26 bits per heavy atom. The van der Waals surface area contributed by atoms with Gasteiger partial charge < -0.3 is 10.2 Å². The lowest BCUT2D eigenvalue weighted by atomic mass is 10.3. The summed E-state index contributed by atoms with van der Waals surface area (Å²) in [6.07, 6.45) is 0.505. The van der Waals surface area contributed by atoms with Gasteiger partial charge in [0.15, 0.2) is 0 Å². The normalized spacial score (nSPS) is 15.9. The lowest BCUT2D eigenvalue weighted by Gasteiger charge is -2.06. The van der Waals surface area contributed by atoms with E-state index in [1.807, 2.05) is 19.0 Å². The van der Waals surface area contributed by atoms with Gasteiger partial charge in [0.25, 0.3) is 5.56 Å². The summed E-state index contributed by atoms with van der Waals surface area (Å²) in [7, 11) is 7.12. The molecule has 2 rings (SSSR count). The molecule has 0 spiro atoms. The van der Waals surface area contributed by atoms with E-state index < -0.39 is 0 Å². The summed E-state index contributed by atoms with van der Waals surface area (Å²) < 4.78 is 2.60. The second-order valence-corrected chi connectivity index (χ2v) is 4.96. The van der Waals surface area contributed by atoms with Crippen LogP contribution in [0.2, 0.25) is 0 Å². The molecule has 2 heterocycles. The highest BCUT2D eigenvalue weighted by Gasteiger charge is 2.23. The van der Waals surface area contributed by atoms with Gasteiger partial charge in [0.05, 0.1) is 12.2 Å². The first-order valence-electron chi connectivity index (χ1n) is 6.15. The summed E-state index contributed by atoms with van der Waals surface area (Å²) in [5.41, 5.74) is 0.570. The first-order valence-corrected chi connectivity index (χ1v) is 6.15. The fourth-order valence-electron chi connectivity index (χ4n) is 2.05. The van der Waals surface area contributed by atoms with E-state index in [9.17, 15) is 9.59 Å². The predicted molar refractivity (Wildman–Crippen MR) is 75.1 cm³/mol. The predicted octanol–water partition coefficient (Wildman–Crippen LogP) is -0.988. The number of amidine groups is 1. The van der Waals surface area contributed by atoms with Crippen LogP contribution in [-0.4, -0.2) is 47.1 Å². The third-order valence-electron chi connectivity index (χ3n) is 3.24. The van der Waals surface area contributed by atoms with Gasteiger partial charge in [0.1, 0.15) is 11.5 Å². The van der Waals surface area contributed by atoms with Crippen LogP contribution in [0.3, 0.4) is 0 Å². The zero-order chi connectivity index (χ0) is 14.2. The minimum Gasteiger partial charge on any atom is -0.338 e. The summed E-state index contributed by atoms with van der Waals surface area (Å²) in [5.74, 6) is 0.746. The smallest absolute Gasteiger partial charge is 0.330 e. The Balaban J connectivity index is 2.31. The third-order valence-corrected chi connectivity index (χ3v) is 3.24. The molecule has 7 heteroatoms. The van der Waals surface area contributed by atoms with E-state index in [-0.39, 0.29) is 11.2 Å². The standard InChI is InChI=1S/C12H19N5O2/c1-15(2)6-5-13-9-7-8-10(14-9)11(18)17(4)12(19)16(8)3/h5-7H2,1-4H3,(H,13,14). The van der Waals surface area contributed by atoms with Gasteiger partial charge in [0, 0.05) is 27.1 Å². The zero-order valence-corrected chi connectivity index (χ0v) is 11.7. The van der Waals surface area contributed by atoms with Crippen molar-refractivity contribution < 1.29 is 0 Å². The van der Waals surface area contributed by atoms with Gasteiger partial charge in [-0.25, -0.2) is 4.79 Å². The van der Waals surface area contributed by atoms with Crippen LogP contribution in [-0.2, 0) is 20.5 Å². The molecule has 0 unspecified atom stereocenters. The van der Waals surface area contributed by atoms with Crippen LogP contribution in [0.4, 0.5) is 5.69 Å². The number of fused-ring (bicyclic) bond motifs is 1. The molecule has 0 radical (unpaired) electrons. The topological polar surface area (TPSA) is 71.6 Å². The van der Waals surface area contributed by atoms with Crippen molar-refractivity contribution in [3.05, 3.63) is 26.5 Å². The van der Waals surface area contributed by atoms with Crippen molar-refractivity contribution in [3.8, 4) is 0 Å². The lowest BCUT2D eigenvalue weighted by molar-refractivity contribution is 0.420. The number of nitrogens with zero attached hydrogens (tertiary/aromatic N) is 4. The molecule has 1 aromatic rings. The van der Waals surface area contributed by atoms with E-state index in [1.54, 1.807) is 7.05 Å². The Morgan fingerprint density at radius 2 is 1.95 bits per heavy atom. The van der Waals surface area contributed by atoms with Gasteiger partial charge in [-0.05, 0) is 14.1 Å². The van der Waals surface area contributed by atoms with Crippen LogP contribution in [0.25, 0.3) is 0 Å². The Hall–Kier alpha value is -1.89. The molecule has 0 saturated heterocycles. The van der Waals surface area contributed by atoms with E-state index in [1.165, 1.54) is 11.6 Å². The Morgan fingerprint density at radius 3 is 2.58 bits per heavy atom. The molecule has 104 valence electrons. The number of hydrogen-bond donors (Lipinski definition) is 1. The number of likely N-dealkylation sites (N-methyl/N-ethyl adjacent to an activating group) is 1. The molecule has 1 aliphatic heterocycles. The molecular weight excluding hydrogens is 246 g/mol. The molecular formula is C12H19N5O2. The summed E-state index contributed by atoms with van der Waals surface area (Å²) >= 11 is 0. The number of hydrogen-bond acceptors (Lipinski definition) is 4. The zero-order valence-electron chi connectivity index (χ0n) is 11.7. The van der Waals surface area contributed by atoms with Crippen molar-refractivity contribution in [2.45, 2.75) is 6.42 Å². The second kappa shape index (κ2) is 5.00. The second-order valence-electron chi connectivity index (χ2n) is 4.96. The molecule has 0 fully saturated rings. The number of rotatable bonds is 3. The highest BCUT2D eigenvalue weighted by Crippen LogP contribution is 2.16. The van der Waals surface area contributed by atoms with E-state index >= 15 is 0 Å². The molecule has 1 aliphatic rings. The fraction of sp³-hybridized carbons (Fsp3) is 0.583. The summed E-state index contributed by atoms with van der Waals surface area (Å²) in [4.78, 5) is 30.3. The number of anilines is 1. The highest BCUT2D eigenvalue weighted by atomic mass is 16.2. The first kappa shape index (κ1) is 13.5. The molecule has 0 aliphatic carbocycles. The quantitative estimate of drug-likeness (QED) is 0.762. The van der Waals surface area contributed by atoms with Crippen molar-refractivity contribution in [3.63, 3.8) is 0 Å². The molecule has 0 bridgehead atoms. The minimum absolute atomic E-state index is 0.295. The summed E-state index contributed by atoms with van der Waals surface area (Å²) in [6, 6.07) is 0. The largest absolute Gasteiger partial charge is 0.338 e. The van der Waals surface area contributed by atoms with E-state index in [2.05, 4.69) is 10.3 Å². The number of nitrogens with one attached hydrogen (secondary N) is 1. The SMILES string of the molecule is CN(C)CCN=C1Cc2c(c(=O)n(C)c(=O)n2C)N1. The van der Waals surface area contributed by atoms with Crippen LogP contribution in [0, 0.1) is 0 Å². The average molecular weight is 265 g/mol. The van der Waals surface area contributed by atoms with Crippen molar-refractivity contribution in [1.29, 1.82) is 0 Å². The average Bonchev–Trinajstić information content (AvgIpc) is 2.77. The maximum atomic E-state index is 12.0. The molecule has 0 saturated carbocycles. The molecule has 0 atom stereocenters. The summed E-state index contributed by atoms with van der Waals surface area (Å²) in [6.45, 7) is 1.51. The Labute approximate surface area is 111 Å². The van der Waals surface area contributed by atoms with Gasteiger partial charge >= 0.3 is 5.69 Å². The molecule has 7 nitrogen and oxygen atoms in total. The van der Waals surface area contributed by atoms with E-state index in [4.69, 9.17) is 0 Å². The van der Waals surface area contributed by atoms with Crippen LogP contribution >= 0.6 is 0 Å². The maximum absolute atomic E-state index is 12.0. The van der Waals surface area contributed by atoms with Gasteiger partial charge in [-0.3, -0.25) is 18.9 Å². The molecule has 1 aromatic heterocycles. The first-order chi connectivity index (χ1) is 8.91. The van der Waals surface area contributed by atoms with Crippen LogP contribution < -0.4 is 16.6 Å². The van der Waals surface area contributed by atoms with Gasteiger partial charge in [-0.1, -0.05) is 0 Å². The lowest BCUT2D eigenvalue weighted by Crippen LogP contribution is -2.38. The van der Waals surface area contributed by atoms with Gasteiger partial charge in [0.2, 0.25) is 0 Å². The molecule has 1 N–H and O–H groups in total. The van der Waals surface area contributed by atoms with Crippen molar-refractivity contribution in [1.82, 2.24) is 14.0 Å². The number of aromatic nitrogens is 2. The van der Waals surface area contributed by atoms with E-state index in [0.29, 0.717) is 24.3 Å².